The van der Waals surface area contributed by atoms with Gasteiger partial charge in [0, 0.05) is 25.1 Å². The van der Waals surface area contributed by atoms with E-state index in [1.807, 2.05) is 6.07 Å². The van der Waals surface area contributed by atoms with E-state index in [1.165, 1.54) is 5.52 Å². The summed E-state index contributed by atoms with van der Waals surface area (Å²) >= 11 is 0. The summed E-state index contributed by atoms with van der Waals surface area (Å²) in [4.78, 5) is 4.77. The standard InChI is InChI=1S/C16H23N3O/c1-3-19-14-7-5-4-6-13(14)18-15(19)12(2)17-10-16(11-20)8-9-16/h4-7,12,17,20H,3,8-11H2,1-2H3. The Labute approximate surface area is 119 Å². The number of nitrogens with zero attached hydrogens (tertiary/aromatic N) is 2. The van der Waals surface area contributed by atoms with Crippen molar-refractivity contribution in [3.05, 3.63) is 30.1 Å². The van der Waals surface area contributed by atoms with E-state index in [4.69, 9.17) is 4.98 Å². The van der Waals surface area contributed by atoms with Gasteiger partial charge in [0.05, 0.1) is 17.1 Å². The minimum atomic E-state index is 0.136. The van der Waals surface area contributed by atoms with Gasteiger partial charge in [0.2, 0.25) is 0 Å². The first-order valence-electron chi connectivity index (χ1n) is 7.48. The molecule has 1 saturated carbocycles. The normalized spacial score (nSPS) is 18.4. The topological polar surface area (TPSA) is 50.1 Å². The van der Waals surface area contributed by atoms with Crippen LogP contribution in [0.1, 0.15) is 38.6 Å². The second-order valence-corrected chi connectivity index (χ2v) is 5.96. The lowest BCUT2D eigenvalue weighted by atomic mass is 10.1. The number of aryl methyl sites for hydroxylation is 1. The average molecular weight is 273 g/mol. The number of rotatable bonds is 6. The summed E-state index contributed by atoms with van der Waals surface area (Å²) in [5.41, 5.74) is 2.39. The van der Waals surface area contributed by atoms with Gasteiger partial charge in [-0.25, -0.2) is 4.98 Å². The van der Waals surface area contributed by atoms with E-state index >= 15 is 0 Å². The number of fused-ring (bicyclic) bond motifs is 1. The number of benzene rings is 1. The molecular weight excluding hydrogens is 250 g/mol. The van der Waals surface area contributed by atoms with Crippen LogP contribution in [0.2, 0.25) is 0 Å². The third-order valence-corrected chi connectivity index (χ3v) is 4.46. The van der Waals surface area contributed by atoms with Crippen LogP contribution in [-0.2, 0) is 6.54 Å². The van der Waals surface area contributed by atoms with Crippen molar-refractivity contribution in [2.75, 3.05) is 13.2 Å². The second kappa shape index (κ2) is 5.19. The molecule has 20 heavy (non-hydrogen) atoms. The summed E-state index contributed by atoms with van der Waals surface area (Å²) in [7, 11) is 0. The van der Waals surface area contributed by atoms with Crippen molar-refractivity contribution in [3.63, 3.8) is 0 Å². The van der Waals surface area contributed by atoms with Gasteiger partial charge in [-0.3, -0.25) is 0 Å². The van der Waals surface area contributed by atoms with Gasteiger partial charge in [0.15, 0.2) is 0 Å². The van der Waals surface area contributed by atoms with Crippen molar-refractivity contribution < 1.29 is 5.11 Å². The van der Waals surface area contributed by atoms with E-state index in [0.29, 0.717) is 0 Å². The van der Waals surface area contributed by atoms with Crippen LogP contribution in [0.25, 0.3) is 11.0 Å². The van der Waals surface area contributed by atoms with E-state index in [2.05, 4.69) is 41.9 Å². The van der Waals surface area contributed by atoms with Crippen LogP contribution in [0.15, 0.2) is 24.3 Å². The maximum absolute atomic E-state index is 9.39. The van der Waals surface area contributed by atoms with E-state index < -0.39 is 0 Å². The van der Waals surface area contributed by atoms with Gasteiger partial charge in [-0.05, 0) is 38.8 Å². The fourth-order valence-corrected chi connectivity index (χ4v) is 2.79. The van der Waals surface area contributed by atoms with Crippen LogP contribution in [-0.4, -0.2) is 27.8 Å². The van der Waals surface area contributed by atoms with Gasteiger partial charge in [-0.1, -0.05) is 12.1 Å². The molecule has 4 heteroatoms. The van der Waals surface area contributed by atoms with Crippen molar-refractivity contribution >= 4 is 11.0 Å². The Balaban J connectivity index is 1.81. The minimum absolute atomic E-state index is 0.136. The van der Waals surface area contributed by atoms with Crippen molar-refractivity contribution in [1.82, 2.24) is 14.9 Å². The quantitative estimate of drug-likeness (QED) is 0.850. The Kier molecular flexibility index (Phi) is 3.52. The molecule has 1 heterocycles. The molecule has 0 amide bonds. The Morgan fingerprint density at radius 1 is 1.40 bits per heavy atom. The maximum atomic E-state index is 9.39. The summed E-state index contributed by atoms with van der Waals surface area (Å²) in [6.45, 7) is 6.39. The molecule has 3 rings (SSSR count). The highest BCUT2D eigenvalue weighted by molar-refractivity contribution is 5.76. The van der Waals surface area contributed by atoms with Crippen LogP contribution in [0, 0.1) is 5.41 Å². The molecule has 0 saturated heterocycles. The Morgan fingerprint density at radius 2 is 2.15 bits per heavy atom. The minimum Gasteiger partial charge on any atom is -0.396 e. The zero-order valence-corrected chi connectivity index (χ0v) is 12.3. The first-order chi connectivity index (χ1) is 9.69. The first-order valence-corrected chi connectivity index (χ1v) is 7.48. The molecule has 108 valence electrons. The van der Waals surface area contributed by atoms with E-state index in [0.717, 1.165) is 37.3 Å². The molecule has 1 aliphatic carbocycles. The number of aliphatic hydroxyl groups excluding tert-OH is 1. The second-order valence-electron chi connectivity index (χ2n) is 5.96. The van der Waals surface area contributed by atoms with Crippen molar-refractivity contribution in [1.29, 1.82) is 0 Å². The van der Waals surface area contributed by atoms with Gasteiger partial charge in [-0.15, -0.1) is 0 Å². The van der Waals surface area contributed by atoms with Gasteiger partial charge in [0.1, 0.15) is 5.82 Å². The van der Waals surface area contributed by atoms with E-state index in [9.17, 15) is 5.11 Å². The lowest BCUT2D eigenvalue weighted by molar-refractivity contribution is 0.204. The summed E-state index contributed by atoms with van der Waals surface area (Å²) in [5, 5.41) is 12.9. The van der Waals surface area contributed by atoms with Crippen molar-refractivity contribution in [2.24, 2.45) is 5.41 Å². The zero-order valence-electron chi connectivity index (χ0n) is 12.3. The molecule has 1 aliphatic rings. The van der Waals surface area contributed by atoms with Crippen LogP contribution in [0.5, 0.6) is 0 Å². The van der Waals surface area contributed by atoms with Crippen LogP contribution < -0.4 is 5.32 Å². The number of hydrogen-bond donors (Lipinski definition) is 2. The van der Waals surface area contributed by atoms with Gasteiger partial charge < -0.3 is 15.0 Å². The largest absolute Gasteiger partial charge is 0.396 e. The average Bonchev–Trinajstić information content (AvgIpc) is 3.17. The molecule has 1 aromatic heterocycles. The summed E-state index contributed by atoms with van der Waals surface area (Å²) in [6.07, 6.45) is 2.26. The first kappa shape index (κ1) is 13.6. The summed E-state index contributed by atoms with van der Waals surface area (Å²) < 4.78 is 2.27. The Bertz CT molecular complexity index is 601. The lowest BCUT2D eigenvalue weighted by Gasteiger charge is -2.19. The predicted molar refractivity (Wildman–Crippen MR) is 80.6 cm³/mol. The SMILES string of the molecule is CCn1c(C(C)NCC2(CO)CC2)nc2ccccc21. The Hall–Kier alpha value is -1.39. The molecule has 2 N–H and O–H groups in total. The molecule has 1 fully saturated rings. The zero-order chi connectivity index (χ0) is 14.2. The fourth-order valence-electron chi connectivity index (χ4n) is 2.79. The Morgan fingerprint density at radius 3 is 2.80 bits per heavy atom. The molecule has 0 spiro atoms. The molecular formula is C16H23N3O. The van der Waals surface area contributed by atoms with E-state index in [1.54, 1.807) is 0 Å². The molecule has 2 aromatic rings. The summed E-state index contributed by atoms with van der Waals surface area (Å²) in [5.74, 6) is 1.09. The smallest absolute Gasteiger partial charge is 0.126 e. The molecule has 0 radical (unpaired) electrons. The predicted octanol–water partition coefficient (Wildman–Crippen LogP) is 2.48. The lowest BCUT2D eigenvalue weighted by Crippen LogP contribution is -2.30. The fraction of sp³-hybridized carbons (Fsp3) is 0.562. The third-order valence-electron chi connectivity index (χ3n) is 4.46. The molecule has 0 bridgehead atoms. The van der Waals surface area contributed by atoms with Crippen LogP contribution >= 0.6 is 0 Å². The summed E-state index contributed by atoms with van der Waals surface area (Å²) in [6, 6.07) is 8.48. The molecule has 1 atom stereocenters. The van der Waals surface area contributed by atoms with Gasteiger partial charge in [-0.2, -0.15) is 0 Å². The number of imidazole rings is 1. The number of aromatic nitrogens is 2. The maximum Gasteiger partial charge on any atom is 0.126 e. The highest BCUT2D eigenvalue weighted by Gasteiger charge is 2.41. The van der Waals surface area contributed by atoms with Crippen molar-refractivity contribution in [2.45, 2.75) is 39.3 Å². The molecule has 4 nitrogen and oxygen atoms in total. The molecule has 1 aromatic carbocycles. The van der Waals surface area contributed by atoms with Gasteiger partial charge in [0.25, 0.3) is 0 Å². The monoisotopic (exact) mass is 273 g/mol. The molecule has 1 unspecified atom stereocenters. The highest BCUT2D eigenvalue weighted by Crippen LogP contribution is 2.44. The van der Waals surface area contributed by atoms with Crippen molar-refractivity contribution in [3.8, 4) is 0 Å². The van der Waals surface area contributed by atoms with E-state index in [-0.39, 0.29) is 18.1 Å². The number of para-hydroxylation sites is 2. The highest BCUT2D eigenvalue weighted by atomic mass is 16.3. The van der Waals surface area contributed by atoms with Crippen LogP contribution in [0.3, 0.4) is 0 Å². The third kappa shape index (κ3) is 2.34. The van der Waals surface area contributed by atoms with Crippen LogP contribution in [0.4, 0.5) is 0 Å². The number of hydrogen-bond acceptors (Lipinski definition) is 3. The number of aliphatic hydroxyl groups is 1. The van der Waals surface area contributed by atoms with Gasteiger partial charge >= 0.3 is 0 Å². The molecule has 0 aliphatic heterocycles. The number of nitrogens with one attached hydrogen (secondary N) is 1.